The first kappa shape index (κ1) is 8.57. The molecule has 1 heterocycles. The van der Waals surface area contributed by atoms with Crippen LogP contribution in [0.5, 0.6) is 0 Å². The van der Waals surface area contributed by atoms with Crippen molar-refractivity contribution >= 4 is 5.69 Å². The molecule has 2 atom stereocenters. The molecule has 1 aliphatic rings. The maximum absolute atomic E-state index is 5.93. The third-order valence-electron chi connectivity index (χ3n) is 2.91. The molecule has 0 saturated heterocycles. The molecule has 0 fully saturated rings. The number of hydrogen-bond donors (Lipinski definition) is 1. The SMILES string of the molecule is CC(N)C1Cc2ccccc2N1C. The summed E-state index contributed by atoms with van der Waals surface area (Å²) in [4.78, 5) is 2.29. The van der Waals surface area contributed by atoms with Gasteiger partial charge in [0.15, 0.2) is 0 Å². The summed E-state index contributed by atoms with van der Waals surface area (Å²) in [5.41, 5.74) is 8.69. The highest BCUT2D eigenvalue weighted by molar-refractivity contribution is 5.59. The Hall–Kier alpha value is -1.02. The van der Waals surface area contributed by atoms with Crippen LogP contribution in [0.15, 0.2) is 24.3 Å². The molecule has 0 bridgehead atoms. The second-order valence-electron chi connectivity index (χ2n) is 3.87. The van der Waals surface area contributed by atoms with Crippen LogP contribution in [0.25, 0.3) is 0 Å². The largest absolute Gasteiger partial charge is 0.370 e. The maximum Gasteiger partial charge on any atom is 0.0476 e. The summed E-state index contributed by atoms with van der Waals surface area (Å²) >= 11 is 0. The average Bonchev–Trinajstić information content (AvgIpc) is 2.45. The van der Waals surface area contributed by atoms with Gasteiger partial charge in [0.05, 0.1) is 0 Å². The summed E-state index contributed by atoms with van der Waals surface area (Å²) in [6.07, 6.45) is 1.09. The first-order valence-electron chi connectivity index (χ1n) is 4.76. The maximum atomic E-state index is 5.93. The molecule has 70 valence electrons. The van der Waals surface area contributed by atoms with Gasteiger partial charge >= 0.3 is 0 Å². The number of benzene rings is 1. The molecule has 0 aromatic heterocycles. The highest BCUT2D eigenvalue weighted by atomic mass is 15.2. The minimum Gasteiger partial charge on any atom is -0.370 e. The van der Waals surface area contributed by atoms with Gasteiger partial charge < -0.3 is 10.6 Å². The lowest BCUT2D eigenvalue weighted by atomic mass is 10.1. The molecule has 0 spiro atoms. The van der Waals surface area contributed by atoms with Gasteiger partial charge in [-0.2, -0.15) is 0 Å². The Bertz CT molecular complexity index is 307. The molecule has 2 heteroatoms. The predicted molar refractivity (Wildman–Crippen MR) is 56.0 cm³/mol. The molecule has 2 N–H and O–H groups in total. The van der Waals surface area contributed by atoms with Crippen molar-refractivity contribution in [2.75, 3.05) is 11.9 Å². The zero-order valence-corrected chi connectivity index (χ0v) is 8.20. The molecule has 2 rings (SSSR count). The molecular formula is C11H16N2. The van der Waals surface area contributed by atoms with Crippen LogP contribution in [0.4, 0.5) is 5.69 Å². The lowest BCUT2D eigenvalue weighted by Gasteiger charge is -2.25. The van der Waals surface area contributed by atoms with Gasteiger partial charge in [0, 0.05) is 24.8 Å². The summed E-state index contributed by atoms with van der Waals surface area (Å²) in [7, 11) is 2.12. The van der Waals surface area contributed by atoms with Crippen LogP contribution < -0.4 is 10.6 Å². The zero-order valence-electron chi connectivity index (χ0n) is 8.20. The van der Waals surface area contributed by atoms with Gasteiger partial charge in [0.25, 0.3) is 0 Å². The highest BCUT2D eigenvalue weighted by Gasteiger charge is 2.28. The highest BCUT2D eigenvalue weighted by Crippen LogP contribution is 2.31. The Labute approximate surface area is 79.4 Å². The fourth-order valence-electron chi connectivity index (χ4n) is 2.11. The van der Waals surface area contributed by atoms with E-state index in [2.05, 4.69) is 43.1 Å². The molecule has 2 unspecified atom stereocenters. The molecule has 2 nitrogen and oxygen atoms in total. The molecule has 1 aromatic rings. The molecular weight excluding hydrogens is 160 g/mol. The van der Waals surface area contributed by atoms with Crippen LogP contribution in [0, 0.1) is 0 Å². The summed E-state index contributed by atoms with van der Waals surface area (Å²) in [5, 5.41) is 0. The first-order valence-corrected chi connectivity index (χ1v) is 4.76. The van der Waals surface area contributed by atoms with Crippen molar-refractivity contribution in [1.29, 1.82) is 0 Å². The van der Waals surface area contributed by atoms with Crippen molar-refractivity contribution in [3.63, 3.8) is 0 Å². The molecule has 0 aliphatic carbocycles. The number of rotatable bonds is 1. The van der Waals surface area contributed by atoms with Crippen molar-refractivity contribution in [3.8, 4) is 0 Å². The second kappa shape index (κ2) is 3.04. The Kier molecular flexibility index (Phi) is 2.00. The van der Waals surface area contributed by atoms with E-state index in [9.17, 15) is 0 Å². The van der Waals surface area contributed by atoms with Crippen molar-refractivity contribution in [3.05, 3.63) is 29.8 Å². The normalized spacial score (nSPS) is 23.0. The van der Waals surface area contributed by atoms with Gasteiger partial charge in [0.1, 0.15) is 0 Å². The first-order chi connectivity index (χ1) is 6.20. The molecule has 1 aliphatic heterocycles. The minimum atomic E-state index is 0.234. The Balaban J connectivity index is 2.32. The fraction of sp³-hybridized carbons (Fsp3) is 0.455. The summed E-state index contributed by atoms with van der Waals surface area (Å²) < 4.78 is 0. The lowest BCUT2D eigenvalue weighted by molar-refractivity contribution is 0.556. The number of para-hydroxylation sites is 1. The van der Waals surface area contributed by atoms with Gasteiger partial charge in [-0.3, -0.25) is 0 Å². The average molecular weight is 176 g/mol. The Morgan fingerprint density at radius 1 is 1.46 bits per heavy atom. The predicted octanol–water partition coefficient (Wildman–Crippen LogP) is 1.39. The minimum absolute atomic E-state index is 0.234. The van der Waals surface area contributed by atoms with Crippen molar-refractivity contribution in [1.82, 2.24) is 0 Å². The van der Waals surface area contributed by atoms with E-state index in [1.54, 1.807) is 0 Å². The van der Waals surface area contributed by atoms with Gasteiger partial charge in [0.2, 0.25) is 0 Å². The lowest BCUT2D eigenvalue weighted by Crippen LogP contribution is -2.42. The number of anilines is 1. The molecule has 13 heavy (non-hydrogen) atoms. The zero-order chi connectivity index (χ0) is 9.42. The number of hydrogen-bond acceptors (Lipinski definition) is 2. The number of nitrogens with two attached hydrogens (primary N) is 1. The molecule has 0 radical (unpaired) electrons. The van der Waals surface area contributed by atoms with E-state index >= 15 is 0 Å². The number of fused-ring (bicyclic) bond motifs is 1. The summed E-state index contributed by atoms with van der Waals surface area (Å²) in [5.74, 6) is 0. The standard InChI is InChI=1S/C11H16N2/c1-8(12)11-7-9-5-3-4-6-10(9)13(11)2/h3-6,8,11H,7,12H2,1-2H3. The van der Waals surface area contributed by atoms with Crippen LogP contribution in [0.3, 0.4) is 0 Å². The van der Waals surface area contributed by atoms with E-state index in [0.29, 0.717) is 6.04 Å². The fourth-order valence-corrected chi connectivity index (χ4v) is 2.11. The Morgan fingerprint density at radius 3 is 2.77 bits per heavy atom. The second-order valence-corrected chi connectivity index (χ2v) is 3.87. The van der Waals surface area contributed by atoms with Crippen LogP contribution in [0.1, 0.15) is 12.5 Å². The molecule has 1 aromatic carbocycles. The van der Waals surface area contributed by atoms with E-state index in [1.165, 1.54) is 11.3 Å². The van der Waals surface area contributed by atoms with Crippen LogP contribution in [0.2, 0.25) is 0 Å². The topological polar surface area (TPSA) is 29.3 Å². The molecule has 0 amide bonds. The van der Waals surface area contributed by atoms with E-state index in [1.807, 2.05) is 0 Å². The number of nitrogens with zero attached hydrogens (tertiary/aromatic N) is 1. The van der Waals surface area contributed by atoms with Crippen LogP contribution in [-0.4, -0.2) is 19.1 Å². The van der Waals surface area contributed by atoms with E-state index in [0.717, 1.165) is 6.42 Å². The number of likely N-dealkylation sites (N-methyl/N-ethyl adjacent to an activating group) is 1. The summed E-state index contributed by atoms with van der Waals surface area (Å²) in [6.45, 7) is 2.08. The van der Waals surface area contributed by atoms with Gasteiger partial charge in [-0.1, -0.05) is 18.2 Å². The van der Waals surface area contributed by atoms with Crippen molar-refractivity contribution < 1.29 is 0 Å². The van der Waals surface area contributed by atoms with Crippen molar-refractivity contribution in [2.45, 2.75) is 25.4 Å². The summed E-state index contributed by atoms with van der Waals surface area (Å²) in [6, 6.07) is 9.23. The third-order valence-corrected chi connectivity index (χ3v) is 2.91. The Morgan fingerprint density at radius 2 is 2.15 bits per heavy atom. The van der Waals surface area contributed by atoms with Gasteiger partial charge in [-0.15, -0.1) is 0 Å². The van der Waals surface area contributed by atoms with Gasteiger partial charge in [-0.05, 0) is 25.0 Å². The smallest absolute Gasteiger partial charge is 0.0476 e. The van der Waals surface area contributed by atoms with Crippen molar-refractivity contribution in [2.24, 2.45) is 5.73 Å². The molecule has 0 saturated carbocycles. The quantitative estimate of drug-likeness (QED) is 0.700. The monoisotopic (exact) mass is 176 g/mol. The third kappa shape index (κ3) is 1.31. The van der Waals surface area contributed by atoms with Gasteiger partial charge in [-0.25, -0.2) is 0 Å². The van der Waals surface area contributed by atoms with Crippen LogP contribution in [-0.2, 0) is 6.42 Å². The van der Waals surface area contributed by atoms with E-state index in [-0.39, 0.29) is 6.04 Å². The van der Waals surface area contributed by atoms with E-state index in [4.69, 9.17) is 5.73 Å². The van der Waals surface area contributed by atoms with E-state index < -0.39 is 0 Å². The van der Waals surface area contributed by atoms with Crippen LogP contribution >= 0.6 is 0 Å².